The summed E-state index contributed by atoms with van der Waals surface area (Å²) in [5.74, 6) is 5.61. The highest BCUT2D eigenvalue weighted by Crippen LogP contribution is 2.21. The summed E-state index contributed by atoms with van der Waals surface area (Å²) in [6.07, 6.45) is 10.5. The van der Waals surface area contributed by atoms with Crippen LogP contribution < -0.4 is 11.3 Å². The molecule has 1 aromatic rings. The second-order valence-electron chi connectivity index (χ2n) is 4.92. The van der Waals surface area contributed by atoms with E-state index in [1.54, 1.807) is 11.3 Å². The smallest absolute Gasteiger partial charge is 0.0898 e. The number of hydrogen-bond acceptors (Lipinski definition) is 4. The largest absolute Gasteiger partial charge is 0.271 e. The van der Waals surface area contributed by atoms with Gasteiger partial charge in [0.05, 0.1) is 16.7 Å². The number of thiazole rings is 1. The number of nitrogens with two attached hydrogens (primary N) is 1. The van der Waals surface area contributed by atoms with Crippen molar-refractivity contribution in [1.82, 2.24) is 10.4 Å². The van der Waals surface area contributed by atoms with Crippen LogP contribution in [0.3, 0.4) is 0 Å². The van der Waals surface area contributed by atoms with Crippen molar-refractivity contribution < 1.29 is 0 Å². The van der Waals surface area contributed by atoms with Crippen LogP contribution in [0.5, 0.6) is 0 Å². The Hall–Kier alpha value is -0.450. The van der Waals surface area contributed by atoms with Crippen LogP contribution >= 0.6 is 11.3 Å². The van der Waals surface area contributed by atoms with Crippen molar-refractivity contribution in [2.24, 2.45) is 5.84 Å². The van der Waals surface area contributed by atoms with E-state index in [2.05, 4.69) is 22.7 Å². The highest BCUT2D eigenvalue weighted by molar-refractivity contribution is 7.09. The molecule has 3 nitrogen and oxygen atoms in total. The van der Waals surface area contributed by atoms with Gasteiger partial charge in [0.1, 0.15) is 0 Å². The Morgan fingerprint density at radius 1 is 1.22 bits per heavy atom. The van der Waals surface area contributed by atoms with E-state index in [1.165, 1.54) is 44.9 Å². The number of hydrazine groups is 1. The van der Waals surface area contributed by atoms with Gasteiger partial charge in [-0.15, -0.1) is 11.3 Å². The molecule has 1 heterocycles. The van der Waals surface area contributed by atoms with Crippen molar-refractivity contribution in [3.05, 3.63) is 16.1 Å². The number of aryl methyl sites for hydroxylation is 1. The minimum Gasteiger partial charge on any atom is -0.271 e. The molecule has 0 aliphatic heterocycles. The molecule has 1 unspecified atom stereocenters. The Labute approximate surface area is 115 Å². The van der Waals surface area contributed by atoms with E-state index in [-0.39, 0.29) is 6.04 Å². The molecule has 0 spiro atoms. The maximum atomic E-state index is 5.61. The minimum atomic E-state index is 0.227. The van der Waals surface area contributed by atoms with Crippen LogP contribution in [0, 0.1) is 6.92 Å². The molecule has 1 aromatic heterocycles. The van der Waals surface area contributed by atoms with Crippen LogP contribution in [-0.2, 0) is 0 Å². The fourth-order valence-electron chi connectivity index (χ4n) is 2.16. The number of nitrogens with zero attached hydrogens (tertiary/aromatic N) is 1. The summed E-state index contributed by atoms with van der Waals surface area (Å²) in [4.78, 5) is 4.50. The zero-order valence-corrected chi connectivity index (χ0v) is 12.6. The van der Waals surface area contributed by atoms with Crippen LogP contribution in [0.25, 0.3) is 0 Å². The fourth-order valence-corrected chi connectivity index (χ4v) is 2.83. The van der Waals surface area contributed by atoms with Gasteiger partial charge >= 0.3 is 0 Å². The van der Waals surface area contributed by atoms with Crippen molar-refractivity contribution in [3.63, 3.8) is 0 Å². The van der Waals surface area contributed by atoms with E-state index in [0.29, 0.717) is 0 Å². The first-order valence-corrected chi connectivity index (χ1v) is 8.04. The minimum absolute atomic E-state index is 0.227. The molecular formula is C14H27N3S. The zero-order valence-electron chi connectivity index (χ0n) is 11.7. The summed E-state index contributed by atoms with van der Waals surface area (Å²) < 4.78 is 0. The van der Waals surface area contributed by atoms with Gasteiger partial charge in [-0.3, -0.25) is 11.3 Å². The summed E-state index contributed by atoms with van der Waals surface area (Å²) >= 11 is 1.69. The molecule has 0 radical (unpaired) electrons. The standard InChI is InChI=1S/C14H27N3S/c1-3-4-5-6-7-8-9-10-13(17-15)14-11-18-12(2)16-14/h11,13,17H,3-10,15H2,1-2H3. The second-order valence-corrected chi connectivity index (χ2v) is 5.98. The molecule has 3 N–H and O–H groups in total. The lowest BCUT2D eigenvalue weighted by molar-refractivity contribution is 0.468. The number of rotatable bonds is 10. The zero-order chi connectivity index (χ0) is 13.2. The van der Waals surface area contributed by atoms with Gasteiger partial charge < -0.3 is 0 Å². The van der Waals surface area contributed by atoms with Gasteiger partial charge in [-0.1, -0.05) is 51.9 Å². The SMILES string of the molecule is CCCCCCCCCC(NN)c1csc(C)n1. The molecule has 0 aromatic carbocycles. The van der Waals surface area contributed by atoms with Crippen molar-refractivity contribution in [3.8, 4) is 0 Å². The Morgan fingerprint density at radius 3 is 2.44 bits per heavy atom. The predicted molar refractivity (Wildman–Crippen MR) is 79.5 cm³/mol. The number of aromatic nitrogens is 1. The third-order valence-corrected chi connectivity index (χ3v) is 4.08. The van der Waals surface area contributed by atoms with E-state index < -0.39 is 0 Å². The molecule has 0 saturated carbocycles. The summed E-state index contributed by atoms with van der Waals surface area (Å²) in [6, 6.07) is 0.227. The number of hydrogen-bond donors (Lipinski definition) is 2. The first-order chi connectivity index (χ1) is 8.77. The Kier molecular flexibility index (Phi) is 8.22. The summed E-state index contributed by atoms with van der Waals surface area (Å²) in [7, 11) is 0. The average Bonchev–Trinajstić information content (AvgIpc) is 2.79. The van der Waals surface area contributed by atoms with Gasteiger partial charge in [-0.25, -0.2) is 4.98 Å². The van der Waals surface area contributed by atoms with Gasteiger partial charge in [0.15, 0.2) is 0 Å². The lowest BCUT2D eigenvalue weighted by Crippen LogP contribution is -2.28. The van der Waals surface area contributed by atoms with Crippen molar-refractivity contribution >= 4 is 11.3 Å². The first kappa shape index (κ1) is 15.6. The van der Waals surface area contributed by atoms with Crippen molar-refractivity contribution in [2.45, 2.75) is 71.3 Å². The Balaban J connectivity index is 2.13. The quantitative estimate of drug-likeness (QED) is 0.382. The summed E-state index contributed by atoms with van der Waals surface area (Å²) in [5, 5.41) is 3.23. The molecule has 0 fully saturated rings. The molecule has 18 heavy (non-hydrogen) atoms. The molecule has 4 heteroatoms. The average molecular weight is 269 g/mol. The van der Waals surface area contributed by atoms with Gasteiger partial charge in [-0.05, 0) is 13.3 Å². The monoisotopic (exact) mass is 269 g/mol. The molecular weight excluding hydrogens is 242 g/mol. The van der Waals surface area contributed by atoms with Crippen LogP contribution in [-0.4, -0.2) is 4.98 Å². The molecule has 0 aliphatic carbocycles. The van der Waals surface area contributed by atoms with Crippen molar-refractivity contribution in [2.75, 3.05) is 0 Å². The van der Waals surface area contributed by atoms with Gasteiger partial charge in [0.25, 0.3) is 0 Å². The lowest BCUT2D eigenvalue weighted by atomic mass is 10.0. The van der Waals surface area contributed by atoms with Crippen LogP contribution in [0.1, 0.15) is 75.0 Å². The molecule has 104 valence electrons. The van der Waals surface area contributed by atoms with E-state index in [1.807, 2.05) is 6.92 Å². The van der Waals surface area contributed by atoms with Gasteiger partial charge in [0.2, 0.25) is 0 Å². The Bertz CT molecular complexity index is 312. The number of unbranched alkanes of at least 4 members (excludes halogenated alkanes) is 6. The van der Waals surface area contributed by atoms with Crippen LogP contribution in [0.15, 0.2) is 5.38 Å². The first-order valence-electron chi connectivity index (χ1n) is 7.16. The normalized spacial score (nSPS) is 12.8. The third-order valence-electron chi connectivity index (χ3n) is 3.29. The van der Waals surface area contributed by atoms with E-state index in [0.717, 1.165) is 17.1 Å². The highest BCUT2D eigenvalue weighted by Gasteiger charge is 2.11. The predicted octanol–water partition coefficient (Wildman–Crippen LogP) is 4.10. The third kappa shape index (κ3) is 5.94. The molecule has 0 saturated heterocycles. The van der Waals surface area contributed by atoms with Crippen LogP contribution in [0.4, 0.5) is 0 Å². The van der Waals surface area contributed by atoms with Crippen molar-refractivity contribution in [1.29, 1.82) is 0 Å². The van der Waals surface area contributed by atoms with E-state index in [4.69, 9.17) is 5.84 Å². The van der Waals surface area contributed by atoms with E-state index >= 15 is 0 Å². The summed E-state index contributed by atoms with van der Waals surface area (Å²) in [5.41, 5.74) is 3.99. The highest BCUT2D eigenvalue weighted by atomic mass is 32.1. The summed E-state index contributed by atoms with van der Waals surface area (Å²) in [6.45, 7) is 4.29. The van der Waals surface area contributed by atoms with E-state index in [9.17, 15) is 0 Å². The Morgan fingerprint density at radius 2 is 1.89 bits per heavy atom. The lowest BCUT2D eigenvalue weighted by Gasteiger charge is -2.13. The van der Waals surface area contributed by atoms with Crippen LogP contribution in [0.2, 0.25) is 0 Å². The van der Waals surface area contributed by atoms with Gasteiger partial charge in [0, 0.05) is 5.38 Å². The molecule has 1 rings (SSSR count). The topological polar surface area (TPSA) is 50.9 Å². The second kappa shape index (κ2) is 9.48. The fraction of sp³-hybridized carbons (Fsp3) is 0.786. The molecule has 0 aliphatic rings. The maximum Gasteiger partial charge on any atom is 0.0898 e. The molecule has 0 bridgehead atoms. The molecule has 1 atom stereocenters. The van der Waals surface area contributed by atoms with Gasteiger partial charge in [-0.2, -0.15) is 0 Å². The number of nitrogens with one attached hydrogen (secondary N) is 1. The maximum absolute atomic E-state index is 5.61. The molecule has 0 amide bonds.